The molecule has 0 saturated carbocycles. The molecule has 0 amide bonds. The van der Waals surface area contributed by atoms with Crippen molar-refractivity contribution in [1.82, 2.24) is 0 Å². The first-order valence-corrected chi connectivity index (χ1v) is 9.10. The van der Waals surface area contributed by atoms with E-state index in [0.29, 0.717) is 22.7 Å². The van der Waals surface area contributed by atoms with Crippen LogP contribution in [0.25, 0.3) is 0 Å². The fourth-order valence-electron chi connectivity index (χ4n) is 2.43. The van der Waals surface area contributed by atoms with Gasteiger partial charge in [0.25, 0.3) is 10.0 Å². The maximum absolute atomic E-state index is 12.5. The van der Waals surface area contributed by atoms with Crippen molar-refractivity contribution in [3.8, 4) is 5.75 Å². The summed E-state index contributed by atoms with van der Waals surface area (Å²) in [4.78, 5) is 0.212. The second-order valence-electron chi connectivity index (χ2n) is 6.25. The Balaban J connectivity index is 2.27. The van der Waals surface area contributed by atoms with Gasteiger partial charge in [0, 0.05) is 5.56 Å². The van der Waals surface area contributed by atoms with Crippen LogP contribution in [0.5, 0.6) is 5.75 Å². The summed E-state index contributed by atoms with van der Waals surface area (Å²) in [6, 6.07) is 10.3. The van der Waals surface area contributed by atoms with Crippen molar-refractivity contribution in [2.24, 2.45) is 5.92 Å². The molecule has 2 aromatic carbocycles. The minimum atomic E-state index is -3.67. The predicted octanol–water partition coefficient (Wildman–Crippen LogP) is 4.01. The van der Waals surface area contributed by atoms with Crippen LogP contribution in [-0.2, 0) is 16.4 Å². The fourth-order valence-corrected chi connectivity index (χ4v) is 3.55. The smallest absolute Gasteiger partial charge is 0.261 e. The van der Waals surface area contributed by atoms with Crippen molar-refractivity contribution in [2.75, 3.05) is 4.72 Å². The highest BCUT2D eigenvalue weighted by molar-refractivity contribution is 7.92. The van der Waals surface area contributed by atoms with Crippen LogP contribution in [0.2, 0.25) is 0 Å². The summed E-state index contributed by atoms with van der Waals surface area (Å²) < 4.78 is 27.5. The van der Waals surface area contributed by atoms with Crippen LogP contribution in [0.3, 0.4) is 0 Å². The van der Waals surface area contributed by atoms with Gasteiger partial charge in [-0.15, -0.1) is 0 Å². The Kier molecular flexibility index (Phi) is 5.00. The molecule has 0 aliphatic heterocycles. The second kappa shape index (κ2) is 6.62. The molecule has 0 aliphatic carbocycles. The van der Waals surface area contributed by atoms with E-state index in [1.54, 1.807) is 38.1 Å². The zero-order valence-electron chi connectivity index (χ0n) is 13.9. The van der Waals surface area contributed by atoms with Crippen molar-refractivity contribution in [1.29, 1.82) is 0 Å². The number of aromatic hydroxyl groups is 1. The van der Waals surface area contributed by atoms with Crippen LogP contribution in [0.4, 0.5) is 5.69 Å². The van der Waals surface area contributed by atoms with Gasteiger partial charge in [0.15, 0.2) is 0 Å². The molecular weight excluding hydrogens is 310 g/mol. The van der Waals surface area contributed by atoms with Crippen molar-refractivity contribution >= 4 is 15.7 Å². The molecule has 0 radical (unpaired) electrons. The first-order valence-electron chi connectivity index (χ1n) is 7.61. The maximum atomic E-state index is 12.5. The number of hydrogen-bond donors (Lipinski definition) is 2. The Labute approximate surface area is 138 Å². The number of aryl methyl sites for hydroxylation is 1. The summed E-state index contributed by atoms with van der Waals surface area (Å²) in [5, 5.41) is 9.94. The molecule has 0 aliphatic rings. The zero-order chi connectivity index (χ0) is 17.2. The molecule has 2 aromatic rings. The molecule has 2 rings (SSSR count). The highest BCUT2D eigenvalue weighted by Gasteiger charge is 2.17. The fraction of sp³-hybridized carbons (Fsp3) is 0.333. The van der Waals surface area contributed by atoms with Gasteiger partial charge in [0.05, 0.1) is 10.6 Å². The summed E-state index contributed by atoms with van der Waals surface area (Å²) >= 11 is 0. The van der Waals surface area contributed by atoms with E-state index in [9.17, 15) is 13.5 Å². The van der Waals surface area contributed by atoms with E-state index >= 15 is 0 Å². The standard InChI is InChI=1S/C18H23NO3S/c1-12(2)11-15-6-8-16(9-7-15)23(21,22)19-17-10-5-13(3)18(20)14(17)4/h5-10,12,19-20H,11H2,1-4H3. The van der Waals surface area contributed by atoms with E-state index in [-0.39, 0.29) is 10.6 Å². The third kappa shape index (κ3) is 4.05. The first-order chi connectivity index (χ1) is 10.7. The van der Waals surface area contributed by atoms with Crippen LogP contribution in [0.1, 0.15) is 30.5 Å². The van der Waals surface area contributed by atoms with E-state index < -0.39 is 10.0 Å². The maximum Gasteiger partial charge on any atom is 0.261 e. The van der Waals surface area contributed by atoms with Crippen LogP contribution in [-0.4, -0.2) is 13.5 Å². The number of nitrogens with one attached hydrogen (secondary N) is 1. The molecule has 0 fully saturated rings. The normalized spacial score (nSPS) is 11.7. The van der Waals surface area contributed by atoms with Gasteiger partial charge < -0.3 is 5.11 Å². The van der Waals surface area contributed by atoms with Crippen LogP contribution in [0, 0.1) is 19.8 Å². The molecule has 2 N–H and O–H groups in total. The number of sulfonamides is 1. The van der Waals surface area contributed by atoms with Gasteiger partial charge in [-0.3, -0.25) is 4.72 Å². The average molecular weight is 333 g/mol. The average Bonchev–Trinajstić information content (AvgIpc) is 2.48. The van der Waals surface area contributed by atoms with Crippen LogP contribution < -0.4 is 4.72 Å². The Hall–Kier alpha value is -2.01. The van der Waals surface area contributed by atoms with Crippen molar-refractivity contribution < 1.29 is 13.5 Å². The quantitative estimate of drug-likeness (QED) is 0.869. The lowest BCUT2D eigenvalue weighted by molar-refractivity contribution is 0.467. The number of benzene rings is 2. The first kappa shape index (κ1) is 17.3. The van der Waals surface area contributed by atoms with Crippen molar-refractivity contribution in [2.45, 2.75) is 39.0 Å². The molecule has 0 heterocycles. The van der Waals surface area contributed by atoms with E-state index in [1.807, 2.05) is 12.1 Å². The summed E-state index contributed by atoms with van der Waals surface area (Å²) in [5.41, 5.74) is 2.73. The Morgan fingerprint density at radius 1 is 1.04 bits per heavy atom. The molecule has 0 spiro atoms. The van der Waals surface area contributed by atoms with Gasteiger partial charge in [-0.1, -0.05) is 32.0 Å². The minimum absolute atomic E-state index is 0.109. The molecule has 0 unspecified atom stereocenters. The number of rotatable bonds is 5. The summed E-state index contributed by atoms with van der Waals surface area (Å²) in [7, 11) is -3.67. The van der Waals surface area contributed by atoms with Gasteiger partial charge in [-0.05, 0) is 55.5 Å². The zero-order valence-corrected chi connectivity index (χ0v) is 14.7. The summed E-state index contributed by atoms with van der Waals surface area (Å²) in [6.07, 6.45) is 0.915. The van der Waals surface area contributed by atoms with Crippen LogP contribution >= 0.6 is 0 Å². The van der Waals surface area contributed by atoms with Crippen molar-refractivity contribution in [3.63, 3.8) is 0 Å². The summed E-state index contributed by atoms with van der Waals surface area (Å²) in [6.45, 7) is 7.71. The highest BCUT2D eigenvalue weighted by atomic mass is 32.2. The Morgan fingerprint density at radius 3 is 2.22 bits per heavy atom. The van der Waals surface area contributed by atoms with E-state index in [0.717, 1.165) is 12.0 Å². The SMILES string of the molecule is Cc1ccc(NS(=O)(=O)c2ccc(CC(C)C)cc2)c(C)c1O. The lowest BCUT2D eigenvalue weighted by Gasteiger charge is -2.13. The molecule has 4 nitrogen and oxygen atoms in total. The van der Waals surface area contributed by atoms with Crippen LogP contribution in [0.15, 0.2) is 41.3 Å². The molecule has 5 heteroatoms. The molecule has 23 heavy (non-hydrogen) atoms. The molecule has 124 valence electrons. The Bertz CT molecular complexity index is 794. The number of hydrogen-bond acceptors (Lipinski definition) is 3. The van der Waals surface area contributed by atoms with E-state index in [1.165, 1.54) is 0 Å². The minimum Gasteiger partial charge on any atom is -0.507 e. The third-order valence-electron chi connectivity index (χ3n) is 3.75. The number of phenolic OH excluding ortho intramolecular Hbond substituents is 1. The third-order valence-corrected chi connectivity index (χ3v) is 5.14. The number of anilines is 1. The molecule has 0 atom stereocenters. The summed E-state index contributed by atoms with van der Waals surface area (Å²) in [5.74, 6) is 0.631. The topological polar surface area (TPSA) is 66.4 Å². The monoisotopic (exact) mass is 333 g/mol. The van der Waals surface area contributed by atoms with Gasteiger partial charge in [-0.2, -0.15) is 0 Å². The highest BCUT2D eigenvalue weighted by Crippen LogP contribution is 2.29. The second-order valence-corrected chi connectivity index (χ2v) is 7.93. The van der Waals surface area contributed by atoms with Gasteiger partial charge in [0.2, 0.25) is 0 Å². The Morgan fingerprint density at radius 2 is 1.65 bits per heavy atom. The van der Waals surface area contributed by atoms with E-state index in [2.05, 4.69) is 18.6 Å². The van der Waals surface area contributed by atoms with Crippen molar-refractivity contribution in [3.05, 3.63) is 53.1 Å². The predicted molar refractivity (Wildman–Crippen MR) is 93.4 cm³/mol. The largest absolute Gasteiger partial charge is 0.507 e. The van der Waals surface area contributed by atoms with Gasteiger partial charge in [0.1, 0.15) is 5.75 Å². The molecule has 0 aromatic heterocycles. The lowest BCUT2D eigenvalue weighted by Crippen LogP contribution is -2.14. The van der Waals surface area contributed by atoms with Gasteiger partial charge in [-0.25, -0.2) is 8.42 Å². The lowest BCUT2D eigenvalue weighted by atomic mass is 10.0. The molecule has 0 saturated heterocycles. The molecular formula is C18H23NO3S. The molecule has 0 bridgehead atoms. The number of phenols is 1. The van der Waals surface area contributed by atoms with Gasteiger partial charge >= 0.3 is 0 Å². The van der Waals surface area contributed by atoms with E-state index in [4.69, 9.17) is 0 Å².